The highest BCUT2D eigenvalue weighted by Gasteiger charge is 2.17. The highest BCUT2D eigenvalue weighted by molar-refractivity contribution is 5.98. The van der Waals surface area contributed by atoms with Crippen LogP contribution >= 0.6 is 0 Å². The Morgan fingerprint density at radius 1 is 0.850 bits per heavy atom. The number of fused-ring (bicyclic) bond motifs is 2. The Hall–Kier alpha value is -4.83. The average Bonchev–Trinajstić information content (AvgIpc) is 3.56. The van der Waals surface area contributed by atoms with Crippen molar-refractivity contribution in [2.24, 2.45) is 0 Å². The molecular formula is C30H30FN9. The van der Waals surface area contributed by atoms with Crippen molar-refractivity contribution in [1.29, 1.82) is 0 Å². The van der Waals surface area contributed by atoms with Gasteiger partial charge in [0.25, 0.3) is 0 Å². The van der Waals surface area contributed by atoms with Crippen molar-refractivity contribution in [3.8, 4) is 33.8 Å². The molecule has 5 N–H and O–H groups in total. The summed E-state index contributed by atoms with van der Waals surface area (Å²) in [5.41, 5.74) is 8.14. The molecule has 10 heteroatoms. The van der Waals surface area contributed by atoms with Gasteiger partial charge in [0.2, 0.25) is 0 Å². The fourth-order valence-corrected chi connectivity index (χ4v) is 4.82. The van der Waals surface area contributed by atoms with Gasteiger partial charge in [-0.3, -0.25) is 15.1 Å². The minimum absolute atomic E-state index is 0.307. The Kier molecular flexibility index (Phi) is 6.83. The predicted molar refractivity (Wildman–Crippen MR) is 159 cm³/mol. The number of anilines is 2. The number of nitrogens with one attached hydrogen (secondary N) is 5. The third kappa shape index (κ3) is 5.08. The molecule has 9 nitrogen and oxygen atoms in total. The van der Waals surface area contributed by atoms with Gasteiger partial charge in [-0.05, 0) is 68.4 Å². The van der Waals surface area contributed by atoms with Crippen molar-refractivity contribution < 1.29 is 4.39 Å². The topological polar surface area (TPSA) is 119 Å². The molecule has 4 heterocycles. The Morgan fingerprint density at radius 2 is 1.70 bits per heavy atom. The fourth-order valence-electron chi connectivity index (χ4n) is 4.82. The van der Waals surface area contributed by atoms with Gasteiger partial charge in [0, 0.05) is 59.9 Å². The van der Waals surface area contributed by atoms with Crippen LogP contribution in [-0.2, 0) is 0 Å². The summed E-state index contributed by atoms with van der Waals surface area (Å²) in [5.74, 6) is 0.273. The number of hydrogen-bond donors (Lipinski definition) is 5. The van der Waals surface area contributed by atoms with E-state index in [9.17, 15) is 4.39 Å². The summed E-state index contributed by atoms with van der Waals surface area (Å²) in [6, 6.07) is 13.4. The minimum Gasteiger partial charge on any atom is -0.384 e. The lowest BCUT2D eigenvalue weighted by molar-refractivity contribution is 0.628. The molecule has 0 spiro atoms. The Balaban J connectivity index is 1.39. The Morgan fingerprint density at radius 3 is 2.55 bits per heavy atom. The van der Waals surface area contributed by atoms with Gasteiger partial charge in [-0.2, -0.15) is 5.10 Å². The second kappa shape index (κ2) is 10.7. The lowest BCUT2D eigenvalue weighted by atomic mass is 10.0. The van der Waals surface area contributed by atoms with Gasteiger partial charge in [-0.25, -0.2) is 9.37 Å². The van der Waals surface area contributed by atoms with E-state index >= 15 is 0 Å². The van der Waals surface area contributed by atoms with Gasteiger partial charge in [0.1, 0.15) is 11.5 Å². The third-order valence-corrected chi connectivity index (χ3v) is 6.62. The monoisotopic (exact) mass is 535 g/mol. The van der Waals surface area contributed by atoms with E-state index in [2.05, 4.69) is 67.1 Å². The Labute approximate surface area is 230 Å². The predicted octanol–water partition coefficient (Wildman–Crippen LogP) is 5.82. The first-order chi connectivity index (χ1) is 19.5. The fraction of sp³-hybridized carbons (Fsp3) is 0.200. The van der Waals surface area contributed by atoms with Gasteiger partial charge in [-0.1, -0.05) is 6.07 Å². The molecule has 0 radical (unpaired) electrons. The number of hydrogen-bond acceptors (Lipinski definition) is 7. The van der Waals surface area contributed by atoms with Crippen LogP contribution in [0.3, 0.4) is 0 Å². The van der Waals surface area contributed by atoms with Crippen LogP contribution in [0.5, 0.6) is 0 Å². The standard InChI is InChI=1S/C30H30FN9/c1-17(2)36-23-10-20(13-33-14-23)18-4-5-26-24(11-18)29(40-39-26)30-37-27-16-34-15-25(28(27)38-30)19-8-21(31)12-22(9-19)35-7-6-32-3/h4-5,8-17,32,35-36H,6-7H2,1-3H3,(H,37,38)(H,39,40). The van der Waals surface area contributed by atoms with Crippen molar-refractivity contribution in [3.63, 3.8) is 0 Å². The van der Waals surface area contributed by atoms with Crippen molar-refractivity contribution in [2.45, 2.75) is 19.9 Å². The zero-order chi connectivity index (χ0) is 27.6. The molecule has 0 atom stereocenters. The quantitative estimate of drug-likeness (QED) is 0.148. The number of likely N-dealkylation sites (N-methyl/N-ethyl adjacent to an activating group) is 1. The van der Waals surface area contributed by atoms with Crippen molar-refractivity contribution in [1.82, 2.24) is 35.5 Å². The van der Waals surface area contributed by atoms with Crippen molar-refractivity contribution >= 4 is 33.3 Å². The summed E-state index contributed by atoms with van der Waals surface area (Å²) < 4.78 is 14.6. The van der Waals surface area contributed by atoms with Crippen LogP contribution in [0, 0.1) is 5.82 Å². The number of aromatic amines is 2. The normalized spacial score (nSPS) is 11.5. The summed E-state index contributed by atoms with van der Waals surface area (Å²) in [6.07, 6.45) is 7.11. The minimum atomic E-state index is -0.329. The maximum atomic E-state index is 14.6. The first kappa shape index (κ1) is 25.4. The third-order valence-electron chi connectivity index (χ3n) is 6.62. The number of H-pyrrole nitrogens is 2. The van der Waals surface area contributed by atoms with Crippen molar-refractivity contribution in [3.05, 3.63) is 73.1 Å². The molecule has 6 rings (SSSR count). The molecular weight excluding hydrogens is 505 g/mol. The molecule has 6 aromatic rings. The number of nitrogens with zero attached hydrogens (tertiary/aromatic N) is 4. The highest BCUT2D eigenvalue weighted by Crippen LogP contribution is 2.34. The van der Waals surface area contributed by atoms with Crippen LogP contribution in [-0.4, -0.2) is 56.3 Å². The number of benzene rings is 2. The largest absolute Gasteiger partial charge is 0.384 e. The van der Waals surface area contributed by atoms with Crippen LogP contribution in [0.1, 0.15) is 13.8 Å². The molecule has 0 amide bonds. The molecule has 0 unspecified atom stereocenters. The number of aromatic nitrogens is 6. The van der Waals surface area contributed by atoms with E-state index in [-0.39, 0.29) is 5.82 Å². The van der Waals surface area contributed by atoms with Crippen LogP contribution in [0.2, 0.25) is 0 Å². The Bertz CT molecular complexity index is 1800. The van der Waals surface area contributed by atoms with Gasteiger partial charge >= 0.3 is 0 Å². The van der Waals surface area contributed by atoms with E-state index in [1.807, 2.05) is 37.6 Å². The molecule has 202 valence electrons. The lowest BCUT2D eigenvalue weighted by Crippen LogP contribution is -2.17. The first-order valence-electron chi connectivity index (χ1n) is 13.2. The summed E-state index contributed by atoms with van der Waals surface area (Å²) in [4.78, 5) is 17.1. The summed E-state index contributed by atoms with van der Waals surface area (Å²) in [7, 11) is 1.88. The van der Waals surface area contributed by atoms with E-state index in [0.717, 1.165) is 45.3 Å². The molecule has 40 heavy (non-hydrogen) atoms. The van der Waals surface area contributed by atoms with Crippen LogP contribution in [0.4, 0.5) is 15.8 Å². The second-order valence-corrected chi connectivity index (χ2v) is 10.0. The summed E-state index contributed by atoms with van der Waals surface area (Å²) in [6.45, 7) is 5.64. The summed E-state index contributed by atoms with van der Waals surface area (Å²) >= 11 is 0. The zero-order valence-corrected chi connectivity index (χ0v) is 22.5. The number of rotatable bonds is 9. The van der Waals surface area contributed by atoms with Gasteiger partial charge in [0.05, 0.1) is 28.4 Å². The van der Waals surface area contributed by atoms with E-state index in [1.54, 1.807) is 12.4 Å². The zero-order valence-electron chi connectivity index (χ0n) is 22.5. The van der Waals surface area contributed by atoms with E-state index in [1.165, 1.54) is 12.1 Å². The van der Waals surface area contributed by atoms with Crippen molar-refractivity contribution in [2.75, 3.05) is 30.8 Å². The first-order valence-corrected chi connectivity index (χ1v) is 13.2. The van der Waals surface area contributed by atoms with E-state index in [4.69, 9.17) is 4.98 Å². The van der Waals surface area contributed by atoms with Crippen LogP contribution in [0.25, 0.3) is 55.7 Å². The smallest absolute Gasteiger partial charge is 0.159 e. The molecule has 0 bridgehead atoms. The van der Waals surface area contributed by atoms with E-state index < -0.39 is 0 Å². The highest BCUT2D eigenvalue weighted by atomic mass is 19.1. The molecule has 0 aliphatic heterocycles. The van der Waals surface area contributed by atoms with Crippen LogP contribution < -0.4 is 16.0 Å². The lowest BCUT2D eigenvalue weighted by Gasteiger charge is -2.11. The number of halogens is 1. The number of pyridine rings is 2. The molecule has 0 saturated heterocycles. The van der Waals surface area contributed by atoms with E-state index in [0.29, 0.717) is 40.9 Å². The average molecular weight is 536 g/mol. The molecule has 0 aliphatic carbocycles. The molecule has 2 aromatic carbocycles. The number of imidazole rings is 1. The second-order valence-electron chi connectivity index (χ2n) is 10.0. The maximum absolute atomic E-state index is 14.6. The molecule has 0 fully saturated rings. The molecule has 0 saturated carbocycles. The van der Waals surface area contributed by atoms with Gasteiger partial charge in [-0.15, -0.1) is 0 Å². The van der Waals surface area contributed by atoms with Crippen LogP contribution in [0.15, 0.2) is 67.3 Å². The van der Waals surface area contributed by atoms with Gasteiger partial charge in [0.15, 0.2) is 5.82 Å². The molecule has 4 aromatic heterocycles. The SMILES string of the molecule is CNCCNc1cc(F)cc(-c2cncc3[nH]c(-c4n[nH]c5ccc(-c6cncc(NC(C)C)c6)cc45)nc23)c1. The maximum Gasteiger partial charge on any atom is 0.159 e. The molecule has 0 aliphatic rings. The van der Waals surface area contributed by atoms with Gasteiger partial charge < -0.3 is 20.9 Å². The summed E-state index contributed by atoms with van der Waals surface area (Å²) in [5, 5.41) is 18.4.